The zero-order valence-corrected chi connectivity index (χ0v) is 19.8. The Labute approximate surface area is 198 Å². The number of hydrogen-bond donors (Lipinski definition) is 4. The lowest BCUT2D eigenvalue weighted by molar-refractivity contribution is -0.147. The van der Waals surface area contributed by atoms with Crippen LogP contribution in [-0.2, 0) is 19.2 Å². The maximum atomic E-state index is 13.6. The van der Waals surface area contributed by atoms with Gasteiger partial charge in [0, 0.05) is 17.1 Å². The number of carboxylic acids is 1. The number of amides is 2. The summed E-state index contributed by atoms with van der Waals surface area (Å²) in [6, 6.07) is 3.90. The van der Waals surface area contributed by atoms with Gasteiger partial charge in [0.15, 0.2) is 0 Å². The Morgan fingerprint density at radius 3 is 2.48 bits per heavy atom. The summed E-state index contributed by atoms with van der Waals surface area (Å²) in [5, 5.41) is 25.4. The molecule has 1 aromatic rings. The second-order valence-electron chi connectivity index (χ2n) is 9.28. The lowest BCUT2D eigenvalue weighted by atomic mass is 9.84. The topological polar surface area (TPSA) is 136 Å². The number of nitrogens with one attached hydrogen (secondary N) is 2. The molecule has 4 N–H and O–H groups in total. The fourth-order valence-corrected chi connectivity index (χ4v) is 4.11. The number of piperidine rings is 1. The van der Waals surface area contributed by atoms with Crippen molar-refractivity contribution in [1.29, 1.82) is 0 Å². The van der Waals surface area contributed by atoms with Crippen molar-refractivity contribution in [2.75, 3.05) is 6.54 Å². The SMILES string of the molecule is CC(C)(C)[C@H](NC(O)c1ccccc1Cl)C(=O)N1CCCC[C@H]1C(=O)N[C@H](C=O)CC(=O)O. The maximum Gasteiger partial charge on any atom is 0.305 e. The van der Waals surface area contributed by atoms with E-state index in [0.717, 1.165) is 0 Å². The van der Waals surface area contributed by atoms with Gasteiger partial charge < -0.3 is 25.2 Å². The van der Waals surface area contributed by atoms with Crippen molar-refractivity contribution in [3.8, 4) is 0 Å². The number of halogens is 1. The number of carbonyl (C=O) groups is 4. The van der Waals surface area contributed by atoms with Gasteiger partial charge in [-0.3, -0.25) is 19.7 Å². The molecule has 9 nitrogen and oxygen atoms in total. The number of benzene rings is 1. The van der Waals surface area contributed by atoms with Crippen LogP contribution >= 0.6 is 11.6 Å². The molecule has 0 spiro atoms. The van der Waals surface area contributed by atoms with E-state index >= 15 is 0 Å². The summed E-state index contributed by atoms with van der Waals surface area (Å²) in [6.07, 6.45) is 0.430. The van der Waals surface area contributed by atoms with Crippen LogP contribution in [0.15, 0.2) is 24.3 Å². The molecule has 4 atom stereocenters. The van der Waals surface area contributed by atoms with E-state index in [1.807, 2.05) is 20.8 Å². The van der Waals surface area contributed by atoms with E-state index in [4.69, 9.17) is 16.7 Å². The average Bonchev–Trinajstić information content (AvgIpc) is 2.75. The molecular formula is C23H32ClN3O6. The highest BCUT2D eigenvalue weighted by atomic mass is 35.5. The van der Waals surface area contributed by atoms with Gasteiger partial charge in [-0.25, -0.2) is 0 Å². The fraction of sp³-hybridized carbons (Fsp3) is 0.565. The number of hydrogen-bond acceptors (Lipinski definition) is 6. The van der Waals surface area contributed by atoms with Crippen LogP contribution in [0.25, 0.3) is 0 Å². The Kier molecular flexibility index (Phi) is 9.39. The van der Waals surface area contributed by atoms with Crippen LogP contribution in [-0.4, -0.2) is 63.9 Å². The highest BCUT2D eigenvalue weighted by molar-refractivity contribution is 6.31. The zero-order valence-electron chi connectivity index (χ0n) is 19.1. The van der Waals surface area contributed by atoms with Crippen LogP contribution in [0.2, 0.25) is 5.02 Å². The Morgan fingerprint density at radius 1 is 1.24 bits per heavy atom. The van der Waals surface area contributed by atoms with Gasteiger partial charge in [0.25, 0.3) is 0 Å². The van der Waals surface area contributed by atoms with E-state index in [-0.39, 0.29) is 5.91 Å². The molecular weight excluding hydrogens is 450 g/mol. The fourth-order valence-electron chi connectivity index (χ4n) is 3.87. The van der Waals surface area contributed by atoms with E-state index in [0.29, 0.717) is 42.7 Å². The van der Waals surface area contributed by atoms with Crippen molar-refractivity contribution < 1.29 is 29.4 Å². The number of likely N-dealkylation sites (tertiary alicyclic amines) is 1. The predicted molar refractivity (Wildman–Crippen MR) is 122 cm³/mol. The first kappa shape index (κ1) is 26.8. The second-order valence-corrected chi connectivity index (χ2v) is 9.69. The maximum absolute atomic E-state index is 13.6. The minimum atomic E-state index is -1.21. The molecule has 0 bridgehead atoms. The Bertz CT molecular complexity index is 872. The summed E-state index contributed by atoms with van der Waals surface area (Å²) in [7, 11) is 0. The van der Waals surface area contributed by atoms with Gasteiger partial charge in [-0.1, -0.05) is 50.6 Å². The van der Waals surface area contributed by atoms with Gasteiger partial charge in [-0.2, -0.15) is 0 Å². The van der Waals surface area contributed by atoms with Crippen LogP contribution in [0.5, 0.6) is 0 Å². The summed E-state index contributed by atoms with van der Waals surface area (Å²) in [6.45, 7) is 5.86. The average molecular weight is 482 g/mol. The molecule has 0 radical (unpaired) electrons. The molecule has 0 saturated carbocycles. The van der Waals surface area contributed by atoms with Gasteiger partial charge in [-0.15, -0.1) is 0 Å². The van der Waals surface area contributed by atoms with E-state index in [1.54, 1.807) is 24.3 Å². The monoisotopic (exact) mass is 481 g/mol. The highest BCUT2D eigenvalue weighted by Gasteiger charge is 2.41. The van der Waals surface area contributed by atoms with Crippen LogP contribution in [0.3, 0.4) is 0 Å². The lowest BCUT2D eigenvalue weighted by Gasteiger charge is -2.41. The van der Waals surface area contributed by atoms with Crippen molar-refractivity contribution in [3.63, 3.8) is 0 Å². The molecule has 1 heterocycles. The van der Waals surface area contributed by atoms with Crippen molar-refractivity contribution in [1.82, 2.24) is 15.5 Å². The number of aliphatic hydroxyl groups excluding tert-OH is 1. The predicted octanol–water partition coefficient (Wildman–Crippen LogP) is 1.87. The summed E-state index contributed by atoms with van der Waals surface area (Å²) in [5.41, 5.74) is -0.191. The van der Waals surface area contributed by atoms with Crippen molar-refractivity contribution in [2.24, 2.45) is 5.41 Å². The van der Waals surface area contributed by atoms with Gasteiger partial charge in [0.1, 0.15) is 18.6 Å². The molecule has 1 aliphatic heterocycles. The van der Waals surface area contributed by atoms with E-state index in [9.17, 15) is 24.3 Å². The molecule has 1 aliphatic rings. The first-order valence-electron chi connectivity index (χ1n) is 10.9. The van der Waals surface area contributed by atoms with E-state index < -0.39 is 48.1 Å². The summed E-state index contributed by atoms with van der Waals surface area (Å²) >= 11 is 6.19. The van der Waals surface area contributed by atoms with Gasteiger partial charge in [0.05, 0.1) is 18.5 Å². The molecule has 1 saturated heterocycles. The lowest BCUT2D eigenvalue weighted by Crippen LogP contribution is -2.60. The molecule has 1 fully saturated rings. The molecule has 182 valence electrons. The molecule has 10 heteroatoms. The van der Waals surface area contributed by atoms with Crippen molar-refractivity contribution in [2.45, 2.75) is 70.8 Å². The standard InChI is InChI=1S/C23H32ClN3O6/c1-23(2,3)19(26-20(31)15-8-4-5-9-16(15)24)22(33)27-11-7-6-10-17(27)21(32)25-14(13-28)12-18(29)30/h4-5,8-9,13-14,17,19-20,26,31H,6-7,10-12H2,1-3H3,(H,25,32)(H,29,30)/t14-,17-,19+,20?/m0/s1. The Morgan fingerprint density at radius 2 is 1.91 bits per heavy atom. The Balaban J connectivity index is 2.24. The molecule has 2 amide bonds. The second kappa shape index (κ2) is 11.6. The van der Waals surface area contributed by atoms with Crippen LogP contribution < -0.4 is 10.6 Å². The molecule has 1 unspecified atom stereocenters. The normalized spacial score (nSPS) is 19.3. The van der Waals surface area contributed by atoms with Crippen molar-refractivity contribution in [3.05, 3.63) is 34.9 Å². The number of rotatable bonds is 9. The first-order valence-corrected chi connectivity index (χ1v) is 11.3. The molecule has 1 aromatic carbocycles. The van der Waals surface area contributed by atoms with Crippen LogP contribution in [0.4, 0.5) is 0 Å². The van der Waals surface area contributed by atoms with Crippen LogP contribution in [0.1, 0.15) is 58.2 Å². The third-order valence-electron chi connectivity index (χ3n) is 5.61. The largest absolute Gasteiger partial charge is 0.481 e. The summed E-state index contributed by atoms with van der Waals surface area (Å²) in [5.74, 6) is -2.15. The quantitative estimate of drug-likeness (QED) is 0.312. The number of aliphatic hydroxyl groups is 1. The van der Waals surface area contributed by atoms with E-state index in [1.165, 1.54) is 4.90 Å². The Hall–Kier alpha value is -2.49. The summed E-state index contributed by atoms with van der Waals surface area (Å²) in [4.78, 5) is 50.1. The molecule has 0 aromatic heterocycles. The third kappa shape index (κ3) is 7.25. The number of carboxylic acid groups (broad SMARTS) is 1. The van der Waals surface area contributed by atoms with Gasteiger partial charge in [-0.05, 0) is 30.7 Å². The zero-order chi connectivity index (χ0) is 24.8. The minimum Gasteiger partial charge on any atom is -0.481 e. The first-order chi connectivity index (χ1) is 15.5. The third-order valence-corrected chi connectivity index (χ3v) is 5.96. The summed E-state index contributed by atoms with van der Waals surface area (Å²) < 4.78 is 0. The number of aliphatic carboxylic acids is 1. The van der Waals surface area contributed by atoms with Gasteiger partial charge >= 0.3 is 5.97 Å². The molecule has 0 aliphatic carbocycles. The number of nitrogens with zero attached hydrogens (tertiary/aromatic N) is 1. The number of aldehydes is 1. The van der Waals surface area contributed by atoms with E-state index in [2.05, 4.69) is 10.6 Å². The number of carbonyl (C=O) groups excluding carboxylic acids is 3. The van der Waals surface area contributed by atoms with Gasteiger partial charge in [0.2, 0.25) is 11.8 Å². The molecule has 2 rings (SSSR count). The van der Waals surface area contributed by atoms with Crippen LogP contribution in [0, 0.1) is 5.41 Å². The highest BCUT2D eigenvalue weighted by Crippen LogP contribution is 2.29. The smallest absolute Gasteiger partial charge is 0.305 e. The van der Waals surface area contributed by atoms with Crippen molar-refractivity contribution >= 4 is 35.7 Å². The minimum absolute atomic E-state index is 0.331. The molecule has 33 heavy (non-hydrogen) atoms.